The molecular formula is C25H31ClIN3O5. The predicted octanol–water partition coefficient (Wildman–Crippen LogP) is 3.43. The average Bonchev–Trinajstić information content (AvgIpc) is 3.20. The fourth-order valence-electron chi connectivity index (χ4n) is 3.53. The number of hydrogen-bond donors (Lipinski definition) is 3. The van der Waals surface area contributed by atoms with Gasteiger partial charge in [0.25, 0.3) is 0 Å². The van der Waals surface area contributed by atoms with Gasteiger partial charge in [0, 0.05) is 5.41 Å². The number of aromatic nitrogens is 3. The quantitative estimate of drug-likeness (QED) is 0.212. The number of alkyl halides is 1. The third-order valence-electron chi connectivity index (χ3n) is 5.89. The van der Waals surface area contributed by atoms with Crippen LogP contribution in [0.2, 0.25) is 0 Å². The summed E-state index contributed by atoms with van der Waals surface area (Å²) in [5, 5.41) is 37.0. The lowest BCUT2D eigenvalue weighted by Gasteiger charge is -2.27. The molecule has 0 saturated heterocycles. The number of aliphatic hydroxyl groups excluding tert-OH is 3. The highest BCUT2D eigenvalue weighted by molar-refractivity contribution is 14.1. The van der Waals surface area contributed by atoms with E-state index >= 15 is 0 Å². The lowest BCUT2D eigenvalue weighted by molar-refractivity contribution is 0.0878. The molecule has 0 bridgehead atoms. The van der Waals surface area contributed by atoms with Gasteiger partial charge < -0.3 is 24.8 Å². The zero-order chi connectivity index (χ0) is 25.6. The van der Waals surface area contributed by atoms with E-state index in [1.54, 1.807) is 11.6 Å². The fraction of sp³-hybridized carbons (Fsp3) is 0.440. The summed E-state index contributed by atoms with van der Waals surface area (Å²) in [5.74, 6) is 1.51. The summed E-state index contributed by atoms with van der Waals surface area (Å²) in [6, 6.07) is 13.8. The Morgan fingerprint density at radius 2 is 1.69 bits per heavy atom. The average molecular weight is 616 g/mol. The zero-order valence-corrected chi connectivity index (χ0v) is 22.9. The maximum absolute atomic E-state index is 10.4. The van der Waals surface area contributed by atoms with Crippen molar-refractivity contribution in [3.8, 4) is 11.5 Å². The normalized spacial score (nSPS) is 13.5. The van der Waals surface area contributed by atoms with E-state index < -0.39 is 12.2 Å². The molecular weight excluding hydrogens is 585 g/mol. The van der Waals surface area contributed by atoms with Crippen molar-refractivity contribution in [2.45, 2.75) is 51.5 Å². The second kappa shape index (κ2) is 12.4. The van der Waals surface area contributed by atoms with Crippen molar-refractivity contribution in [3.05, 3.63) is 68.5 Å². The first-order chi connectivity index (χ1) is 16.6. The smallest absolute Gasteiger partial charge is 0.132 e. The minimum absolute atomic E-state index is 0.104. The largest absolute Gasteiger partial charge is 0.491 e. The number of benzene rings is 2. The zero-order valence-electron chi connectivity index (χ0n) is 20.0. The van der Waals surface area contributed by atoms with Gasteiger partial charge in [-0.1, -0.05) is 37.3 Å². The van der Waals surface area contributed by atoms with Gasteiger partial charge in [-0.15, -0.1) is 16.7 Å². The van der Waals surface area contributed by atoms with Crippen LogP contribution in [0.3, 0.4) is 0 Å². The van der Waals surface area contributed by atoms with E-state index in [9.17, 15) is 15.3 Å². The predicted molar refractivity (Wildman–Crippen MR) is 142 cm³/mol. The Kier molecular flexibility index (Phi) is 9.77. The molecule has 0 aliphatic rings. The molecule has 0 fully saturated rings. The lowest BCUT2D eigenvalue weighted by atomic mass is 9.78. The molecule has 8 nitrogen and oxygen atoms in total. The van der Waals surface area contributed by atoms with Crippen molar-refractivity contribution in [2.24, 2.45) is 0 Å². The number of aliphatic hydroxyl groups is 3. The SMILES string of the molecule is Cc1c(CO)nnn1C[C@@H](O)COc1ccc(C(C)(C)c2ccc(OC[C@H](O)CCl)cc2)cc1I. The maximum atomic E-state index is 10.4. The van der Waals surface area contributed by atoms with E-state index in [1.807, 2.05) is 36.4 Å². The van der Waals surface area contributed by atoms with E-state index in [1.165, 1.54) is 0 Å². The maximum Gasteiger partial charge on any atom is 0.132 e. The van der Waals surface area contributed by atoms with Gasteiger partial charge in [-0.05, 0) is 64.9 Å². The fourth-order valence-corrected chi connectivity index (χ4v) is 4.29. The molecule has 0 unspecified atom stereocenters. The first-order valence-electron chi connectivity index (χ1n) is 11.2. The Labute approximate surface area is 224 Å². The summed E-state index contributed by atoms with van der Waals surface area (Å²) in [6.45, 7) is 6.40. The van der Waals surface area contributed by atoms with Crippen molar-refractivity contribution < 1.29 is 24.8 Å². The molecule has 0 spiro atoms. The molecule has 2 aromatic carbocycles. The Hall–Kier alpha value is -1.92. The molecule has 1 heterocycles. The van der Waals surface area contributed by atoms with Crippen LogP contribution in [0.15, 0.2) is 42.5 Å². The van der Waals surface area contributed by atoms with Crippen LogP contribution >= 0.6 is 34.2 Å². The topological polar surface area (TPSA) is 110 Å². The number of ether oxygens (including phenoxy) is 2. The van der Waals surface area contributed by atoms with E-state index in [0.29, 0.717) is 17.2 Å². The summed E-state index contributed by atoms with van der Waals surface area (Å²) in [4.78, 5) is 0. The Bertz CT molecular complexity index is 1110. The van der Waals surface area contributed by atoms with E-state index in [-0.39, 0.29) is 37.7 Å². The molecule has 0 aliphatic carbocycles. The standard InChI is InChI=1S/C25H31ClIN3O5/c1-16-23(13-31)28-29-30(16)12-20(33)15-35-24-9-6-18(10-22(24)27)25(2,3)17-4-7-21(8-5-17)34-14-19(32)11-26/h4-10,19-20,31-33H,11-15H2,1-3H3/t19-,20-/m1/s1. The second-order valence-corrected chi connectivity index (χ2v) is 10.3. The summed E-state index contributed by atoms with van der Waals surface area (Å²) in [7, 11) is 0. The van der Waals surface area contributed by atoms with Crippen LogP contribution < -0.4 is 9.47 Å². The molecule has 10 heteroatoms. The molecule has 3 N–H and O–H groups in total. The first-order valence-corrected chi connectivity index (χ1v) is 12.8. The second-order valence-electron chi connectivity index (χ2n) is 8.84. The summed E-state index contributed by atoms with van der Waals surface area (Å²) in [6.07, 6.45) is -1.47. The number of nitrogens with zero attached hydrogens (tertiary/aromatic N) is 3. The summed E-state index contributed by atoms with van der Waals surface area (Å²) < 4.78 is 13.9. The van der Waals surface area contributed by atoms with Gasteiger partial charge >= 0.3 is 0 Å². The first kappa shape index (κ1) is 27.7. The number of hydrogen-bond acceptors (Lipinski definition) is 7. The summed E-state index contributed by atoms with van der Waals surface area (Å²) in [5.41, 5.74) is 3.20. The van der Waals surface area contributed by atoms with E-state index in [2.05, 4.69) is 52.8 Å². The highest BCUT2D eigenvalue weighted by Gasteiger charge is 2.24. The van der Waals surface area contributed by atoms with Crippen LogP contribution in [-0.2, 0) is 18.6 Å². The van der Waals surface area contributed by atoms with Gasteiger partial charge in [-0.2, -0.15) is 0 Å². The number of halogens is 2. The van der Waals surface area contributed by atoms with E-state index in [4.69, 9.17) is 21.1 Å². The monoisotopic (exact) mass is 615 g/mol. The van der Waals surface area contributed by atoms with E-state index in [0.717, 1.165) is 20.4 Å². The van der Waals surface area contributed by atoms with Crippen LogP contribution in [0.1, 0.15) is 36.4 Å². The molecule has 2 atom stereocenters. The van der Waals surface area contributed by atoms with Crippen LogP contribution in [0.5, 0.6) is 11.5 Å². The van der Waals surface area contributed by atoms with Gasteiger partial charge in [-0.3, -0.25) is 0 Å². The third-order valence-corrected chi connectivity index (χ3v) is 7.09. The molecule has 1 aromatic heterocycles. The molecule has 190 valence electrons. The van der Waals surface area contributed by atoms with Gasteiger partial charge in [0.2, 0.25) is 0 Å². The molecule has 0 radical (unpaired) electrons. The van der Waals surface area contributed by atoms with Crippen LogP contribution in [0.25, 0.3) is 0 Å². The van der Waals surface area contributed by atoms with Gasteiger partial charge in [0.15, 0.2) is 0 Å². The Balaban J connectivity index is 1.62. The molecule has 3 rings (SSSR count). The minimum Gasteiger partial charge on any atom is -0.491 e. The van der Waals surface area contributed by atoms with Crippen molar-refractivity contribution in [1.29, 1.82) is 0 Å². The molecule has 0 saturated carbocycles. The van der Waals surface area contributed by atoms with Crippen LogP contribution in [-0.4, -0.2) is 61.6 Å². The highest BCUT2D eigenvalue weighted by atomic mass is 127. The van der Waals surface area contributed by atoms with Crippen LogP contribution in [0.4, 0.5) is 0 Å². The van der Waals surface area contributed by atoms with Crippen molar-refractivity contribution in [1.82, 2.24) is 15.0 Å². The Morgan fingerprint density at radius 3 is 2.29 bits per heavy atom. The van der Waals surface area contributed by atoms with Crippen molar-refractivity contribution in [2.75, 3.05) is 19.1 Å². The third kappa shape index (κ3) is 7.07. The lowest BCUT2D eigenvalue weighted by Crippen LogP contribution is -2.25. The number of rotatable bonds is 12. The van der Waals surface area contributed by atoms with Gasteiger partial charge in [-0.25, -0.2) is 4.68 Å². The van der Waals surface area contributed by atoms with Crippen LogP contribution in [0, 0.1) is 10.5 Å². The summed E-state index contributed by atoms with van der Waals surface area (Å²) >= 11 is 7.85. The molecule has 0 aliphatic heterocycles. The van der Waals surface area contributed by atoms with Gasteiger partial charge in [0.1, 0.15) is 42.6 Å². The Morgan fingerprint density at radius 1 is 1.03 bits per heavy atom. The molecule has 0 amide bonds. The van der Waals surface area contributed by atoms with Crippen molar-refractivity contribution >= 4 is 34.2 Å². The molecule has 35 heavy (non-hydrogen) atoms. The highest BCUT2D eigenvalue weighted by Crippen LogP contribution is 2.35. The molecule has 3 aromatic rings. The minimum atomic E-state index is -0.778. The van der Waals surface area contributed by atoms with Gasteiger partial charge in [0.05, 0.1) is 28.3 Å². The van der Waals surface area contributed by atoms with Crippen molar-refractivity contribution in [3.63, 3.8) is 0 Å².